The Labute approximate surface area is 148 Å². The molecule has 1 aromatic carbocycles. The molecular formula is C20H26FNO3. The molecule has 4 rings (SSSR count). The van der Waals surface area contributed by atoms with E-state index >= 15 is 0 Å². The largest absolute Gasteiger partial charge is 0.488 e. The van der Waals surface area contributed by atoms with Gasteiger partial charge in [-0.2, -0.15) is 0 Å². The van der Waals surface area contributed by atoms with Gasteiger partial charge >= 0.3 is 5.97 Å². The van der Waals surface area contributed by atoms with Crippen molar-refractivity contribution in [2.45, 2.75) is 70.1 Å². The molecule has 25 heavy (non-hydrogen) atoms. The Hall–Kier alpha value is -1.62. The van der Waals surface area contributed by atoms with Crippen LogP contribution in [0.5, 0.6) is 5.75 Å². The molecule has 1 heterocycles. The lowest BCUT2D eigenvalue weighted by molar-refractivity contribution is 0.00645. The van der Waals surface area contributed by atoms with E-state index in [2.05, 4.69) is 5.32 Å². The van der Waals surface area contributed by atoms with Gasteiger partial charge in [-0.1, -0.05) is 0 Å². The van der Waals surface area contributed by atoms with E-state index in [1.54, 1.807) is 26.8 Å². The number of fused-ring (bicyclic) bond motifs is 2. The van der Waals surface area contributed by atoms with Gasteiger partial charge < -0.3 is 14.8 Å². The third kappa shape index (κ3) is 3.52. The van der Waals surface area contributed by atoms with Crippen LogP contribution < -0.4 is 10.1 Å². The summed E-state index contributed by atoms with van der Waals surface area (Å²) in [6.45, 7) is 6.41. The third-order valence-corrected chi connectivity index (χ3v) is 5.28. The van der Waals surface area contributed by atoms with Gasteiger partial charge in [0.15, 0.2) is 0 Å². The Morgan fingerprint density at radius 3 is 2.56 bits per heavy atom. The summed E-state index contributed by atoms with van der Waals surface area (Å²) in [7, 11) is 0. The lowest BCUT2D eigenvalue weighted by atomic mass is 10.0. The maximum atomic E-state index is 14.6. The summed E-state index contributed by atoms with van der Waals surface area (Å²) < 4.78 is 26.2. The number of hydrogen-bond donors (Lipinski definition) is 1. The van der Waals surface area contributed by atoms with E-state index in [9.17, 15) is 9.18 Å². The molecule has 1 N–H and O–H groups in total. The fourth-order valence-electron chi connectivity index (χ4n) is 3.97. The SMILES string of the molecule is CC(C)(C)OC(=O)c1cc(C2CC2)c(O[C@@H]2C[C@H]3CN[C@@H]2C3)cc1F. The third-order valence-electron chi connectivity index (χ3n) is 5.28. The van der Waals surface area contributed by atoms with E-state index in [4.69, 9.17) is 9.47 Å². The highest BCUT2D eigenvalue weighted by Crippen LogP contribution is 2.46. The number of esters is 1. The molecule has 3 fully saturated rings. The topological polar surface area (TPSA) is 47.6 Å². The number of benzene rings is 1. The van der Waals surface area contributed by atoms with Gasteiger partial charge in [0.05, 0.1) is 5.56 Å². The van der Waals surface area contributed by atoms with Gasteiger partial charge in [-0.05, 0) is 76.5 Å². The first-order chi connectivity index (χ1) is 11.8. The molecule has 2 aliphatic carbocycles. The molecule has 136 valence electrons. The molecule has 2 bridgehead atoms. The predicted molar refractivity (Wildman–Crippen MR) is 92.5 cm³/mol. The van der Waals surface area contributed by atoms with E-state index in [0.717, 1.165) is 37.8 Å². The normalized spacial score (nSPS) is 28.2. The number of carbonyl (C=O) groups is 1. The molecule has 0 radical (unpaired) electrons. The van der Waals surface area contributed by atoms with Crippen molar-refractivity contribution in [2.75, 3.05) is 6.54 Å². The van der Waals surface area contributed by atoms with Crippen LogP contribution in [0.25, 0.3) is 0 Å². The molecule has 5 heteroatoms. The van der Waals surface area contributed by atoms with Crippen molar-refractivity contribution in [3.63, 3.8) is 0 Å². The Kier molecular flexibility index (Phi) is 4.02. The zero-order valence-electron chi connectivity index (χ0n) is 15.1. The molecule has 0 aromatic heterocycles. The van der Waals surface area contributed by atoms with Crippen molar-refractivity contribution in [3.8, 4) is 5.75 Å². The van der Waals surface area contributed by atoms with Gasteiger partial charge in [0.25, 0.3) is 0 Å². The van der Waals surface area contributed by atoms with Gasteiger partial charge in [-0.15, -0.1) is 0 Å². The average molecular weight is 347 g/mol. The molecule has 0 unspecified atom stereocenters. The van der Waals surface area contributed by atoms with Crippen molar-refractivity contribution in [2.24, 2.45) is 5.92 Å². The van der Waals surface area contributed by atoms with Crippen LogP contribution in [0.1, 0.15) is 68.3 Å². The van der Waals surface area contributed by atoms with Crippen molar-refractivity contribution < 1.29 is 18.7 Å². The van der Waals surface area contributed by atoms with Crippen LogP contribution in [0.15, 0.2) is 12.1 Å². The molecule has 1 saturated heterocycles. The Balaban J connectivity index is 1.59. The van der Waals surface area contributed by atoms with Crippen LogP contribution in [0, 0.1) is 11.7 Å². The second-order valence-electron chi connectivity index (χ2n) is 8.65. The zero-order chi connectivity index (χ0) is 17.8. The fourth-order valence-corrected chi connectivity index (χ4v) is 3.97. The van der Waals surface area contributed by atoms with E-state index < -0.39 is 17.4 Å². The Morgan fingerprint density at radius 2 is 2.00 bits per heavy atom. The van der Waals surface area contributed by atoms with Crippen LogP contribution in [-0.2, 0) is 4.74 Å². The zero-order valence-corrected chi connectivity index (χ0v) is 15.1. The van der Waals surface area contributed by atoms with E-state index in [1.165, 1.54) is 6.07 Å². The van der Waals surface area contributed by atoms with Gasteiger partial charge in [0, 0.05) is 12.1 Å². The second kappa shape index (κ2) is 5.97. The summed E-state index contributed by atoms with van der Waals surface area (Å²) in [5, 5.41) is 3.47. The molecule has 1 aromatic rings. The number of nitrogens with one attached hydrogen (secondary N) is 1. The van der Waals surface area contributed by atoms with E-state index in [0.29, 0.717) is 23.6 Å². The molecule has 1 aliphatic heterocycles. The number of ether oxygens (including phenoxy) is 2. The minimum Gasteiger partial charge on any atom is -0.488 e. The van der Waals surface area contributed by atoms with Crippen molar-refractivity contribution in [1.29, 1.82) is 0 Å². The second-order valence-corrected chi connectivity index (χ2v) is 8.65. The average Bonchev–Trinajstić information content (AvgIpc) is 3.13. The summed E-state index contributed by atoms with van der Waals surface area (Å²) >= 11 is 0. The maximum absolute atomic E-state index is 14.6. The minimum atomic E-state index is -0.646. The number of rotatable bonds is 4. The summed E-state index contributed by atoms with van der Waals surface area (Å²) in [6.07, 6.45) is 4.39. The molecule has 3 atom stereocenters. The van der Waals surface area contributed by atoms with Crippen LogP contribution in [0.2, 0.25) is 0 Å². The van der Waals surface area contributed by atoms with E-state index in [-0.39, 0.29) is 11.7 Å². The summed E-state index contributed by atoms with van der Waals surface area (Å²) in [6, 6.07) is 3.40. The van der Waals surface area contributed by atoms with Crippen LogP contribution in [0.4, 0.5) is 4.39 Å². The summed E-state index contributed by atoms with van der Waals surface area (Å²) in [5.74, 6) is 0.463. The van der Waals surface area contributed by atoms with Crippen LogP contribution >= 0.6 is 0 Å². The summed E-state index contributed by atoms with van der Waals surface area (Å²) in [5.41, 5.74) is 0.313. The quantitative estimate of drug-likeness (QED) is 0.842. The first-order valence-corrected chi connectivity index (χ1v) is 9.27. The van der Waals surface area contributed by atoms with Gasteiger partial charge in [0.2, 0.25) is 0 Å². The highest BCUT2D eigenvalue weighted by atomic mass is 19.1. The molecule has 2 saturated carbocycles. The number of halogens is 1. The monoisotopic (exact) mass is 347 g/mol. The van der Waals surface area contributed by atoms with Gasteiger partial charge in [0.1, 0.15) is 23.3 Å². The molecule has 4 nitrogen and oxygen atoms in total. The Morgan fingerprint density at radius 1 is 1.24 bits per heavy atom. The van der Waals surface area contributed by atoms with Crippen LogP contribution in [-0.4, -0.2) is 30.3 Å². The first kappa shape index (κ1) is 16.8. The maximum Gasteiger partial charge on any atom is 0.341 e. The number of hydrogen-bond acceptors (Lipinski definition) is 4. The Bertz CT molecular complexity index is 693. The number of carbonyl (C=O) groups excluding carboxylic acids is 1. The smallest absolute Gasteiger partial charge is 0.341 e. The fraction of sp³-hybridized carbons (Fsp3) is 0.650. The van der Waals surface area contributed by atoms with Crippen molar-refractivity contribution in [1.82, 2.24) is 5.32 Å². The van der Waals surface area contributed by atoms with Gasteiger partial charge in [-0.3, -0.25) is 0 Å². The number of piperidine rings is 1. The lowest BCUT2D eigenvalue weighted by Crippen LogP contribution is -2.40. The van der Waals surface area contributed by atoms with Gasteiger partial charge in [-0.25, -0.2) is 9.18 Å². The minimum absolute atomic E-state index is 0.00948. The predicted octanol–water partition coefficient (Wildman–Crippen LogP) is 3.79. The molecular weight excluding hydrogens is 321 g/mol. The first-order valence-electron chi connectivity index (χ1n) is 9.27. The van der Waals surface area contributed by atoms with Crippen molar-refractivity contribution in [3.05, 3.63) is 29.1 Å². The highest BCUT2D eigenvalue weighted by Gasteiger charge is 2.41. The lowest BCUT2D eigenvalue weighted by Gasteiger charge is -2.26. The van der Waals surface area contributed by atoms with Crippen LogP contribution in [0.3, 0.4) is 0 Å². The molecule has 0 amide bonds. The van der Waals surface area contributed by atoms with E-state index in [1.807, 2.05) is 0 Å². The van der Waals surface area contributed by atoms with Crippen molar-refractivity contribution >= 4 is 5.97 Å². The summed E-state index contributed by atoms with van der Waals surface area (Å²) in [4.78, 5) is 12.3. The standard InChI is InChI=1S/C20H26FNO3/c1-20(2,3)25-19(23)14-8-13(12-4-5-12)17(9-15(14)21)24-18-7-11-6-16(18)22-10-11/h8-9,11-12,16,18,22H,4-7,10H2,1-3H3/t11-,16+,18+/m0/s1. The molecule has 3 aliphatic rings. The highest BCUT2D eigenvalue weighted by molar-refractivity contribution is 5.90. The molecule has 0 spiro atoms.